The molecule has 0 amide bonds. The molecule has 2 rings (SSSR count). The second-order valence-electron chi connectivity index (χ2n) is 10.4. The first kappa shape index (κ1) is 22.1. The SMILES string of the molecule is C[Si](C)(C)N[C@H](Cc1cn([Si](C)(C)C)c2ccccc12)C(=O)O[Si](C)(C)C. The largest absolute Gasteiger partial charge is 0.519 e. The van der Waals surface area contributed by atoms with Gasteiger partial charge in [-0.2, -0.15) is 0 Å². The van der Waals surface area contributed by atoms with Gasteiger partial charge in [0.25, 0.3) is 0 Å². The zero-order valence-corrected chi connectivity index (χ0v) is 21.4. The van der Waals surface area contributed by atoms with Crippen LogP contribution in [0, 0.1) is 0 Å². The van der Waals surface area contributed by atoms with Crippen LogP contribution in [-0.4, -0.2) is 41.0 Å². The van der Waals surface area contributed by atoms with E-state index >= 15 is 0 Å². The van der Waals surface area contributed by atoms with Crippen LogP contribution in [0.15, 0.2) is 30.5 Å². The van der Waals surface area contributed by atoms with Gasteiger partial charge in [0.05, 0.1) is 0 Å². The third kappa shape index (κ3) is 6.17. The summed E-state index contributed by atoms with van der Waals surface area (Å²) in [4.78, 5) is 16.6. The number of para-hydroxylation sites is 1. The average Bonchev–Trinajstić information content (AvgIpc) is 2.82. The van der Waals surface area contributed by atoms with E-state index in [1.807, 2.05) is 0 Å². The van der Waals surface area contributed by atoms with Gasteiger partial charge in [0.15, 0.2) is 8.24 Å². The molecular weight excluding hydrogens is 384 g/mol. The number of hydrogen-bond donors (Lipinski definition) is 1. The van der Waals surface area contributed by atoms with Crippen LogP contribution < -0.4 is 4.98 Å². The van der Waals surface area contributed by atoms with Gasteiger partial charge in [-0.15, -0.1) is 0 Å². The normalized spacial score (nSPS) is 14.4. The number of nitrogens with one attached hydrogen (secondary N) is 1. The van der Waals surface area contributed by atoms with Crippen molar-refractivity contribution in [3.8, 4) is 0 Å². The van der Waals surface area contributed by atoms with Crippen LogP contribution in [0.5, 0.6) is 0 Å². The number of aromatic nitrogens is 1. The molecule has 1 aromatic heterocycles. The molecule has 0 spiro atoms. The van der Waals surface area contributed by atoms with Gasteiger partial charge >= 0.3 is 5.97 Å². The van der Waals surface area contributed by atoms with Crippen LogP contribution in [0.1, 0.15) is 5.56 Å². The van der Waals surface area contributed by atoms with Gasteiger partial charge in [-0.1, -0.05) is 57.5 Å². The average molecular weight is 421 g/mol. The topological polar surface area (TPSA) is 43.3 Å². The second-order valence-corrected chi connectivity index (χ2v) is 24.4. The zero-order valence-electron chi connectivity index (χ0n) is 18.4. The summed E-state index contributed by atoms with van der Waals surface area (Å²) in [7, 11) is -5.11. The zero-order chi connectivity index (χ0) is 20.6. The van der Waals surface area contributed by atoms with Gasteiger partial charge in [-0.3, -0.25) is 4.79 Å². The molecule has 1 aromatic carbocycles. The highest BCUT2D eigenvalue weighted by Gasteiger charge is 2.31. The third-order valence-corrected chi connectivity index (χ3v) is 8.08. The Bertz CT molecular complexity index is 811. The van der Waals surface area contributed by atoms with Crippen LogP contribution in [0.3, 0.4) is 0 Å². The van der Waals surface area contributed by atoms with Crippen LogP contribution in [0.4, 0.5) is 0 Å². The first-order valence-corrected chi connectivity index (χ1v) is 20.1. The van der Waals surface area contributed by atoms with Crippen molar-refractivity contribution in [1.82, 2.24) is 9.22 Å². The van der Waals surface area contributed by atoms with E-state index in [2.05, 4.69) is 98.6 Å². The predicted octanol–water partition coefficient (Wildman–Crippen LogP) is 5.04. The molecule has 2 aromatic rings. The molecule has 4 nitrogen and oxygen atoms in total. The number of carbonyl (C=O) groups is 1. The molecular formula is C20H36N2O2Si3. The summed E-state index contributed by atoms with van der Waals surface area (Å²) in [5.41, 5.74) is 2.51. The summed E-state index contributed by atoms with van der Waals surface area (Å²) >= 11 is 0. The predicted molar refractivity (Wildman–Crippen MR) is 124 cm³/mol. The van der Waals surface area contributed by atoms with Crippen molar-refractivity contribution >= 4 is 41.7 Å². The summed E-state index contributed by atoms with van der Waals surface area (Å²) in [6, 6.07) is 8.26. The van der Waals surface area contributed by atoms with Crippen molar-refractivity contribution in [2.24, 2.45) is 0 Å². The highest BCUT2D eigenvalue weighted by atomic mass is 28.4. The second kappa shape index (κ2) is 7.69. The highest BCUT2D eigenvalue weighted by molar-refractivity contribution is 6.75. The lowest BCUT2D eigenvalue weighted by Crippen LogP contribution is -2.54. The first-order chi connectivity index (χ1) is 12.2. The summed E-state index contributed by atoms with van der Waals surface area (Å²) in [5, 5.41) is 1.25. The molecule has 0 unspecified atom stereocenters. The third-order valence-electron chi connectivity index (χ3n) is 4.24. The molecule has 0 saturated heterocycles. The molecule has 27 heavy (non-hydrogen) atoms. The van der Waals surface area contributed by atoms with E-state index in [1.54, 1.807) is 0 Å². The maximum Gasteiger partial charge on any atom is 0.309 e. The number of benzene rings is 1. The molecule has 0 radical (unpaired) electrons. The molecule has 1 N–H and O–H groups in total. The lowest BCUT2D eigenvalue weighted by Gasteiger charge is -2.28. The van der Waals surface area contributed by atoms with Crippen LogP contribution in [0.2, 0.25) is 58.9 Å². The van der Waals surface area contributed by atoms with Gasteiger partial charge in [0, 0.05) is 10.9 Å². The number of carbonyl (C=O) groups excluding carboxylic acids is 1. The molecule has 0 fully saturated rings. The van der Waals surface area contributed by atoms with Gasteiger partial charge in [0.1, 0.15) is 14.3 Å². The maximum absolute atomic E-state index is 13.0. The molecule has 0 aliphatic rings. The minimum atomic E-state index is -1.93. The Morgan fingerprint density at radius 3 is 2.15 bits per heavy atom. The van der Waals surface area contributed by atoms with Crippen molar-refractivity contribution in [2.45, 2.75) is 71.4 Å². The van der Waals surface area contributed by atoms with Crippen molar-refractivity contribution in [2.75, 3.05) is 0 Å². The minimum absolute atomic E-state index is 0.0959. The van der Waals surface area contributed by atoms with E-state index < -0.39 is 24.8 Å². The van der Waals surface area contributed by atoms with E-state index in [9.17, 15) is 4.79 Å². The molecule has 0 bridgehead atoms. The van der Waals surface area contributed by atoms with E-state index in [0.717, 1.165) is 0 Å². The molecule has 0 aliphatic heterocycles. The van der Waals surface area contributed by atoms with Crippen molar-refractivity contribution < 1.29 is 9.22 Å². The van der Waals surface area contributed by atoms with E-state index in [4.69, 9.17) is 4.43 Å². The molecule has 150 valence electrons. The van der Waals surface area contributed by atoms with Crippen LogP contribution >= 0.6 is 0 Å². The lowest BCUT2D eigenvalue weighted by atomic mass is 10.1. The van der Waals surface area contributed by atoms with Gasteiger partial charge in [0.2, 0.25) is 8.32 Å². The number of fused-ring (bicyclic) bond motifs is 1. The van der Waals surface area contributed by atoms with E-state index in [0.29, 0.717) is 6.42 Å². The summed E-state index contributed by atoms with van der Waals surface area (Å²) in [6.07, 6.45) is 2.95. The number of rotatable bonds is 7. The van der Waals surface area contributed by atoms with Crippen LogP contribution in [0.25, 0.3) is 10.9 Å². The fourth-order valence-electron chi connectivity index (χ4n) is 3.28. The van der Waals surface area contributed by atoms with Gasteiger partial charge in [-0.05, 0) is 43.9 Å². The minimum Gasteiger partial charge on any atom is -0.519 e. The summed E-state index contributed by atoms with van der Waals surface area (Å²) < 4.78 is 8.32. The molecule has 1 atom stereocenters. The Hall–Kier alpha value is -1.16. The van der Waals surface area contributed by atoms with Crippen molar-refractivity contribution in [1.29, 1.82) is 0 Å². The fourth-order valence-corrected chi connectivity index (χ4v) is 6.75. The maximum atomic E-state index is 13.0. The standard InChI is InChI=1S/C20H36N2O2Si3/c1-25(2,3)21-18(20(23)24-27(7,8)9)14-16-15-22(26(4,5)6)19-13-11-10-12-17(16)19/h10-13,15,18,21H,14H2,1-9H3/t18-/m1/s1. The van der Waals surface area contributed by atoms with Gasteiger partial charge in [-0.25, -0.2) is 0 Å². The molecule has 0 aliphatic carbocycles. The lowest BCUT2D eigenvalue weighted by molar-refractivity contribution is -0.137. The monoisotopic (exact) mass is 420 g/mol. The fraction of sp³-hybridized carbons (Fsp3) is 0.550. The Kier molecular flexibility index (Phi) is 6.31. The quantitative estimate of drug-likeness (QED) is 0.638. The van der Waals surface area contributed by atoms with Crippen LogP contribution in [-0.2, 0) is 15.6 Å². The number of nitrogens with zero attached hydrogens (tertiary/aromatic N) is 1. The first-order valence-electron chi connectivity index (χ1n) is 9.77. The summed E-state index contributed by atoms with van der Waals surface area (Å²) in [6.45, 7) is 19.9. The number of hydrogen-bond acceptors (Lipinski definition) is 3. The Labute approximate surface area is 167 Å². The Morgan fingerprint density at radius 1 is 1.04 bits per heavy atom. The molecule has 0 saturated carbocycles. The Morgan fingerprint density at radius 2 is 1.63 bits per heavy atom. The van der Waals surface area contributed by atoms with Crippen molar-refractivity contribution in [3.63, 3.8) is 0 Å². The van der Waals surface area contributed by atoms with Gasteiger partial charge < -0.3 is 13.6 Å². The summed E-state index contributed by atoms with van der Waals surface area (Å²) in [5.74, 6) is -0.0959. The molecule has 1 heterocycles. The smallest absolute Gasteiger partial charge is 0.309 e. The van der Waals surface area contributed by atoms with Crippen molar-refractivity contribution in [3.05, 3.63) is 36.0 Å². The van der Waals surface area contributed by atoms with E-state index in [-0.39, 0.29) is 12.0 Å². The molecule has 7 heteroatoms. The highest BCUT2D eigenvalue weighted by Crippen LogP contribution is 2.26. The van der Waals surface area contributed by atoms with E-state index in [1.165, 1.54) is 16.5 Å². The Balaban J connectivity index is 2.44.